The van der Waals surface area contributed by atoms with Crippen LogP contribution in [0.5, 0.6) is 5.75 Å². The van der Waals surface area contributed by atoms with Crippen LogP contribution in [0.15, 0.2) is 53.3 Å². The van der Waals surface area contributed by atoms with Gasteiger partial charge in [0, 0.05) is 26.2 Å². The summed E-state index contributed by atoms with van der Waals surface area (Å²) in [6, 6.07) is 15.3. The molecule has 4 rings (SSSR count). The molecule has 2 aromatic carbocycles. The van der Waals surface area contributed by atoms with E-state index in [-0.39, 0.29) is 24.2 Å². The zero-order valence-electron chi connectivity index (χ0n) is 18.1. The summed E-state index contributed by atoms with van der Waals surface area (Å²) in [5.74, 6) is 0.128. The van der Waals surface area contributed by atoms with E-state index in [0.717, 1.165) is 27.1 Å². The van der Waals surface area contributed by atoms with Crippen molar-refractivity contribution >= 4 is 11.8 Å². The lowest BCUT2D eigenvalue weighted by molar-refractivity contribution is -0.122. The van der Waals surface area contributed by atoms with E-state index in [1.165, 1.54) is 4.57 Å². The molecule has 0 spiro atoms. The minimum Gasteiger partial charge on any atom is -0.497 e. The Morgan fingerprint density at radius 3 is 2.59 bits per heavy atom. The molecule has 0 radical (unpaired) electrons. The number of fused-ring (bicyclic) bond motifs is 1. The van der Waals surface area contributed by atoms with Crippen LogP contribution in [-0.2, 0) is 31.0 Å². The molecule has 32 heavy (non-hydrogen) atoms. The molecule has 0 saturated heterocycles. The normalized spacial score (nSPS) is 13.1. The van der Waals surface area contributed by atoms with Crippen molar-refractivity contribution in [2.45, 2.75) is 33.1 Å². The second-order valence-electron chi connectivity index (χ2n) is 7.76. The first-order valence-corrected chi connectivity index (χ1v) is 10.4. The van der Waals surface area contributed by atoms with E-state index in [4.69, 9.17) is 4.74 Å². The number of carbonyl (C=O) groups is 2. The Balaban J connectivity index is 1.41. The lowest BCUT2D eigenvalue weighted by Gasteiger charge is -2.26. The van der Waals surface area contributed by atoms with E-state index in [0.29, 0.717) is 26.2 Å². The maximum atomic E-state index is 12.9. The standard InChI is InChI=1S/C23H25N5O4/c1-16-4-3-5-18(12-16)14-26-10-11-27-21(22(26)30)25-28(23(27)31)15-20(29)24-13-17-6-8-19(32-2)9-7-17/h3-9,12H,10-11,13-15H2,1-2H3,(H,24,29). The Morgan fingerprint density at radius 2 is 1.88 bits per heavy atom. The number of hydrogen-bond donors (Lipinski definition) is 1. The minimum absolute atomic E-state index is 0.0665. The van der Waals surface area contributed by atoms with Gasteiger partial charge < -0.3 is 15.0 Å². The number of benzene rings is 2. The maximum absolute atomic E-state index is 12.9. The minimum atomic E-state index is -0.455. The first-order chi connectivity index (χ1) is 15.4. The highest BCUT2D eigenvalue weighted by Crippen LogP contribution is 2.14. The van der Waals surface area contributed by atoms with Gasteiger partial charge in [0.25, 0.3) is 5.91 Å². The van der Waals surface area contributed by atoms with Crippen LogP contribution >= 0.6 is 0 Å². The molecule has 3 aromatic rings. The number of amides is 2. The summed E-state index contributed by atoms with van der Waals surface area (Å²) >= 11 is 0. The molecule has 0 unspecified atom stereocenters. The SMILES string of the molecule is COc1ccc(CNC(=O)Cn2nc3n(c2=O)CCN(Cc2cccc(C)c2)C3=O)cc1. The van der Waals surface area contributed by atoms with E-state index >= 15 is 0 Å². The van der Waals surface area contributed by atoms with Gasteiger partial charge in [0.2, 0.25) is 11.7 Å². The largest absolute Gasteiger partial charge is 0.497 e. The number of nitrogens with one attached hydrogen (secondary N) is 1. The number of aromatic nitrogens is 3. The third kappa shape index (κ3) is 4.56. The van der Waals surface area contributed by atoms with Crippen LogP contribution < -0.4 is 15.7 Å². The average Bonchev–Trinajstić information content (AvgIpc) is 3.10. The molecule has 0 saturated carbocycles. The molecule has 1 aliphatic heterocycles. The molecule has 0 aliphatic carbocycles. The second kappa shape index (κ2) is 9.09. The first-order valence-electron chi connectivity index (χ1n) is 10.4. The molecule has 1 aliphatic rings. The van der Waals surface area contributed by atoms with Crippen molar-refractivity contribution in [3.63, 3.8) is 0 Å². The average molecular weight is 435 g/mol. The number of hydrogen-bond acceptors (Lipinski definition) is 5. The van der Waals surface area contributed by atoms with Crippen LogP contribution in [0.25, 0.3) is 0 Å². The number of ether oxygens (including phenoxy) is 1. The fourth-order valence-electron chi connectivity index (χ4n) is 3.69. The summed E-state index contributed by atoms with van der Waals surface area (Å²) in [4.78, 5) is 39.6. The highest BCUT2D eigenvalue weighted by Gasteiger charge is 2.30. The van der Waals surface area contributed by atoms with Crippen molar-refractivity contribution < 1.29 is 14.3 Å². The topological polar surface area (TPSA) is 98.5 Å². The van der Waals surface area contributed by atoms with Crippen LogP contribution in [0.3, 0.4) is 0 Å². The molecule has 1 aromatic heterocycles. The summed E-state index contributed by atoms with van der Waals surface area (Å²) in [6.45, 7) is 3.27. The van der Waals surface area contributed by atoms with E-state index in [1.54, 1.807) is 12.0 Å². The summed E-state index contributed by atoms with van der Waals surface area (Å²) in [5, 5.41) is 6.92. The molecule has 2 heterocycles. The van der Waals surface area contributed by atoms with Crippen molar-refractivity contribution in [2.24, 2.45) is 0 Å². The van der Waals surface area contributed by atoms with E-state index < -0.39 is 5.69 Å². The van der Waals surface area contributed by atoms with Gasteiger partial charge in [-0.15, -0.1) is 5.10 Å². The quantitative estimate of drug-likeness (QED) is 0.604. The number of nitrogens with zero attached hydrogens (tertiary/aromatic N) is 4. The lowest BCUT2D eigenvalue weighted by atomic mass is 10.1. The zero-order chi connectivity index (χ0) is 22.7. The zero-order valence-corrected chi connectivity index (χ0v) is 18.1. The van der Waals surface area contributed by atoms with Crippen LogP contribution in [0, 0.1) is 6.92 Å². The van der Waals surface area contributed by atoms with Gasteiger partial charge >= 0.3 is 5.69 Å². The monoisotopic (exact) mass is 435 g/mol. The third-order valence-electron chi connectivity index (χ3n) is 5.39. The van der Waals surface area contributed by atoms with Crippen molar-refractivity contribution in [2.75, 3.05) is 13.7 Å². The number of methoxy groups -OCH3 is 1. The molecule has 2 amide bonds. The number of carbonyl (C=O) groups excluding carboxylic acids is 2. The van der Waals surface area contributed by atoms with Crippen molar-refractivity contribution in [1.29, 1.82) is 0 Å². The molecule has 166 valence electrons. The molecular weight excluding hydrogens is 410 g/mol. The van der Waals surface area contributed by atoms with Gasteiger partial charge in [0.15, 0.2) is 0 Å². The Hall–Kier alpha value is -3.88. The summed E-state index contributed by atoms with van der Waals surface area (Å²) in [6.07, 6.45) is 0. The summed E-state index contributed by atoms with van der Waals surface area (Å²) in [5.41, 5.74) is 2.58. The van der Waals surface area contributed by atoms with Crippen LogP contribution in [-0.4, -0.2) is 44.7 Å². The van der Waals surface area contributed by atoms with Crippen molar-refractivity contribution in [3.8, 4) is 5.75 Å². The molecule has 0 atom stereocenters. The molecule has 9 heteroatoms. The smallest absolute Gasteiger partial charge is 0.346 e. The van der Waals surface area contributed by atoms with Gasteiger partial charge in [-0.25, -0.2) is 9.48 Å². The first kappa shape index (κ1) is 21.4. The van der Waals surface area contributed by atoms with Crippen LogP contribution in [0.4, 0.5) is 0 Å². The van der Waals surface area contributed by atoms with Crippen molar-refractivity contribution in [1.82, 2.24) is 24.6 Å². The van der Waals surface area contributed by atoms with E-state index in [1.807, 2.05) is 55.5 Å². The van der Waals surface area contributed by atoms with E-state index in [2.05, 4.69) is 10.4 Å². The van der Waals surface area contributed by atoms with Gasteiger partial charge in [-0.05, 0) is 30.2 Å². The van der Waals surface area contributed by atoms with Gasteiger partial charge in [-0.1, -0.05) is 42.0 Å². The molecular formula is C23H25N5O4. The molecule has 9 nitrogen and oxygen atoms in total. The maximum Gasteiger partial charge on any atom is 0.346 e. The highest BCUT2D eigenvalue weighted by molar-refractivity contribution is 5.91. The Bertz CT molecular complexity index is 1200. The van der Waals surface area contributed by atoms with Crippen LogP contribution in [0.1, 0.15) is 27.3 Å². The summed E-state index contributed by atoms with van der Waals surface area (Å²) < 4.78 is 7.50. The van der Waals surface area contributed by atoms with Gasteiger partial charge in [0.05, 0.1) is 7.11 Å². The Morgan fingerprint density at radius 1 is 1.09 bits per heavy atom. The Labute approximate surface area is 185 Å². The molecule has 1 N–H and O–H groups in total. The van der Waals surface area contributed by atoms with Gasteiger partial charge in [-0.3, -0.25) is 14.2 Å². The summed E-state index contributed by atoms with van der Waals surface area (Å²) in [7, 11) is 1.59. The predicted octanol–water partition coefficient (Wildman–Crippen LogP) is 1.33. The fraction of sp³-hybridized carbons (Fsp3) is 0.304. The van der Waals surface area contributed by atoms with Crippen LogP contribution in [0.2, 0.25) is 0 Å². The second-order valence-corrected chi connectivity index (χ2v) is 7.76. The predicted molar refractivity (Wildman–Crippen MR) is 117 cm³/mol. The fourth-order valence-corrected chi connectivity index (χ4v) is 3.69. The van der Waals surface area contributed by atoms with E-state index in [9.17, 15) is 14.4 Å². The third-order valence-corrected chi connectivity index (χ3v) is 5.39. The van der Waals surface area contributed by atoms with Gasteiger partial charge in [-0.2, -0.15) is 0 Å². The number of rotatable bonds is 7. The highest BCUT2D eigenvalue weighted by atomic mass is 16.5. The molecule has 0 bridgehead atoms. The van der Waals surface area contributed by atoms with Crippen molar-refractivity contribution in [3.05, 3.63) is 81.5 Å². The number of aryl methyl sites for hydroxylation is 1. The Kier molecular flexibility index (Phi) is 6.07. The molecule has 0 fully saturated rings. The van der Waals surface area contributed by atoms with Gasteiger partial charge in [0.1, 0.15) is 12.3 Å². The lowest BCUT2D eigenvalue weighted by Crippen LogP contribution is -2.42.